The topological polar surface area (TPSA) is 89.6 Å². The van der Waals surface area contributed by atoms with Crippen LogP contribution in [0, 0.1) is 0 Å². The van der Waals surface area contributed by atoms with Crippen molar-refractivity contribution in [3.8, 4) is 21.9 Å². The summed E-state index contributed by atoms with van der Waals surface area (Å²) in [4.78, 5) is 30.5. The van der Waals surface area contributed by atoms with Gasteiger partial charge in [0, 0.05) is 27.7 Å². The van der Waals surface area contributed by atoms with Crippen LogP contribution < -0.4 is 20.1 Å². The number of ether oxygens (including phenoxy) is 2. The van der Waals surface area contributed by atoms with Gasteiger partial charge < -0.3 is 14.8 Å². The van der Waals surface area contributed by atoms with E-state index in [1.165, 1.54) is 22.7 Å². The van der Waals surface area contributed by atoms with Gasteiger partial charge in [0.15, 0.2) is 16.6 Å². The Morgan fingerprint density at radius 2 is 1.69 bits per heavy atom. The number of nitrogens with zero attached hydrogens (tertiary/aromatic N) is 1. The highest BCUT2D eigenvalue weighted by atomic mass is 32.1. The Balaban J connectivity index is 1.25. The van der Waals surface area contributed by atoms with E-state index in [9.17, 15) is 9.59 Å². The zero-order chi connectivity index (χ0) is 21.9. The Bertz CT molecular complexity index is 1270. The van der Waals surface area contributed by atoms with Crippen LogP contribution in [0.25, 0.3) is 10.4 Å². The van der Waals surface area contributed by atoms with Crippen LogP contribution in [0.5, 0.6) is 11.5 Å². The predicted molar refractivity (Wildman–Crippen MR) is 125 cm³/mol. The first-order valence-electron chi connectivity index (χ1n) is 9.78. The molecule has 0 fully saturated rings. The van der Waals surface area contributed by atoms with E-state index in [0.29, 0.717) is 40.2 Å². The number of amides is 2. The lowest BCUT2D eigenvalue weighted by atomic mass is 10.1. The van der Waals surface area contributed by atoms with Crippen molar-refractivity contribution in [2.45, 2.75) is 0 Å². The van der Waals surface area contributed by atoms with E-state index in [0.717, 1.165) is 16.2 Å². The fourth-order valence-electron chi connectivity index (χ4n) is 3.16. The van der Waals surface area contributed by atoms with Crippen molar-refractivity contribution >= 4 is 45.3 Å². The van der Waals surface area contributed by atoms with E-state index in [1.54, 1.807) is 41.9 Å². The lowest BCUT2D eigenvalue weighted by Gasteiger charge is -2.18. The Kier molecular flexibility index (Phi) is 5.57. The van der Waals surface area contributed by atoms with Gasteiger partial charge in [0.1, 0.15) is 13.2 Å². The zero-order valence-corrected chi connectivity index (χ0v) is 18.3. The molecule has 7 nitrogen and oxygen atoms in total. The van der Waals surface area contributed by atoms with Gasteiger partial charge in [-0.25, -0.2) is 4.98 Å². The van der Waals surface area contributed by atoms with E-state index >= 15 is 0 Å². The second-order valence-corrected chi connectivity index (χ2v) is 8.82. The molecule has 2 amide bonds. The number of hydrogen-bond acceptors (Lipinski definition) is 7. The standard InChI is InChI=1S/C23H17N3O4S2/c27-21(26-23-24-9-12-31-23)14-1-4-16(5-2-14)25-22(28)20-8-7-19(32-20)15-3-6-17-18(13-15)30-11-10-29-17/h1-9,12-13H,10-11H2,(H,25,28)(H,24,26,27). The second-order valence-electron chi connectivity index (χ2n) is 6.85. The molecule has 5 rings (SSSR count). The lowest BCUT2D eigenvalue weighted by molar-refractivity contribution is 0.102. The highest BCUT2D eigenvalue weighted by Gasteiger charge is 2.15. The van der Waals surface area contributed by atoms with Crippen molar-refractivity contribution < 1.29 is 19.1 Å². The van der Waals surface area contributed by atoms with Crippen LogP contribution in [-0.2, 0) is 0 Å². The number of carbonyl (C=O) groups excluding carboxylic acids is 2. The summed E-state index contributed by atoms with van der Waals surface area (Å²) in [5.74, 6) is 0.990. The first-order chi connectivity index (χ1) is 15.7. The molecule has 0 aliphatic carbocycles. The maximum Gasteiger partial charge on any atom is 0.265 e. The number of rotatable bonds is 5. The maximum absolute atomic E-state index is 12.7. The summed E-state index contributed by atoms with van der Waals surface area (Å²) in [7, 11) is 0. The summed E-state index contributed by atoms with van der Waals surface area (Å²) in [6, 6.07) is 16.2. The minimum Gasteiger partial charge on any atom is -0.486 e. The second kappa shape index (κ2) is 8.81. The molecule has 2 N–H and O–H groups in total. The predicted octanol–water partition coefficient (Wildman–Crippen LogP) is 5.15. The van der Waals surface area contributed by atoms with Gasteiger partial charge in [-0.1, -0.05) is 0 Å². The molecule has 32 heavy (non-hydrogen) atoms. The average Bonchev–Trinajstić information content (AvgIpc) is 3.52. The average molecular weight is 464 g/mol. The van der Waals surface area contributed by atoms with Crippen LogP contribution in [0.1, 0.15) is 20.0 Å². The summed E-state index contributed by atoms with van der Waals surface area (Å²) in [6.45, 7) is 1.08. The first kappa shape index (κ1) is 20.2. The number of anilines is 2. The summed E-state index contributed by atoms with van der Waals surface area (Å²) in [6.07, 6.45) is 1.63. The number of hydrogen-bond donors (Lipinski definition) is 2. The molecule has 0 saturated carbocycles. The highest BCUT2D eigenvalue weighted by molar-refractivity contribution is 7.17. The summed E-state index contributed by atoms with van der Waals surface area (Å²) >= 11 is 2.75. The van der Waals surface area contributed by atoms with Crippen LogP contribution in [0.4, 0.5) is 10.8 Å². The van der Waals surface area contributed by atoms with Crippen LogP contribution in [0.15, 0.2) is 66.2 Å². The van der Waals surface area contributed by atoms with E-state index < -0.39 is 0 Å². The summed E-state index contributed by atoms with van der Waals surface area (Å²) in [5.41, 5.74) is 2.05. The number of carbonyl (C=O) groups is 2. The van der Waals surface area contributed by atoms with Crippen molar-refractivity contribution in [3.05, 3.63) is 76.6 Å². The fourth-order valence-corrected chi connectivity index (χ4v) is 4.59. The molecule has 0 unspecified atom stereocenters. The largest absolute Gasteiger partial charge is 0.486 e. The third kappa shape index (κ3) is 4.34. The van der Waals surface area contributed by atoms with Crippen LogP contribution in [-0.4, -0.2) is 30.0 Å². The molecular weight excluding hydrogens is 446 g/mol. The van der Waals surface area contributed by atoms with Crippen molar-refractivity contribution in [1.82, 2.24) is 4.98 Å². The van der Waals surface area contributed by atoms with Gasteiger partial charge in [0.05, 0.1) is 4.88 Å². The van der Waals surface area contributed by atoms with E-state index in [4.69, 9.17) is 9.47 Å². The molecule has 1 aliphatic heterocycles. The Labute approximate surface area is 191 Å². The number of thiazole rings is 1. The third-order valence-corrected chi connectivity index (χ3v) is 6.54. The van der Waals surface area contributed by atoms with Crippen LogP contribution >= 0.6 is 22.7 Å². The van der Waals surface area contributed by atoms with Gasteiger partial charge in [-0.3, -0.25) is 14.9 Å². The van der Waals surface area contributed by atoms with Crippen LogP contribution in [0.3, 0.4) is 0 Å². The normalized spacial score (nSPS) is 12.2. The van der Waals surface area contributed by atoms with Gasteiger partial charge in [-0.2, -0.15) is 0 Å². The van der Waals surface area contributed by atoms with E-state index in [2.05, 4.69) is 15.6 Å². The molecule has 0 radical (unpaired) electrons. The minimum atomic E-state index is -0.250. The van der Waals surface area contributed by atoms with Gasteiger partial charge in [0.25, 0.3) is 11.8 Å². The lowest BCUT2D eigenvalue weighted by Crippen LogP contribution is -2.15. The van der Waals surface area contributed by atoms with Crippen molar-refractivity contribution in [2.24, 2.45) is 0 Å². The summed E-state index contributed by atoms with van der Waals surface area (Å²) in [5, 5.41) is 7.93. The minimum absolute atomic E-state index is 0.209. The number of nitrogens with one attached hydrogen (secondary N) is 2. The van der Waals surface area contributed by atoms with Gasteiger partial charge in [-0.15, -0.1) is 22.7 Å². The number of benzene rings is 2. The molecule has 0 saturated heterocycles. The monoisotopic (exact) mass is 463 g/mol. The van der Waals surface area contributed by atoms with Gasteiger partial charge >= 0.3 is 0 Å². The number of fused-ring (bicyclic) bond motifs is 1. The molecule has 2 aromatic carbocycles. The Morgan fingerprint density at radius 1 is 0.875 bits per heavy atom. The maximum atomic E-state index is 12.7. The van der Waals surface area contributed by atoms with Crippen molar-refractivity contribution in [2.75, 3.05) is 23.8 Å². The molecule has 9 heteroatoms. The van der Waals surface area contributed by atoms with Gasteiger partial charge in [-0.05, 0) is 60.2 Å². The molecular formula is C23H17N3O4S2. The molecule has 0 spiro atoms. The van der Waals surface area contributed by atoms with Crippen molar-refractivity contribution in [3.63, 3.8) is 0 Å². The van der Waals surface area contributed by atoms with E-state index in [1.807, 2.05) is 24.3 Å². The molecule has 160 valence electrons. The first-order valence-corrected chi connectivity index (χ1v) is 11.5. The Morgan fingerprint density at radius 3 is 2.47 bits per heavy atom. The molecule has 4 aromatic rings. The van der Waals surface area contributed by atoms with E-state index in [-0.39, 0.29) is 11.8 Å². The van der Waals surface area contributed by atoms with Gasteiger partial charge in [0.2, 0.25) is 0 Å². The van der Waals surface area contributed by atoms with Crippen LogP contribution in [0.2, 0.25) is 0 Å². The fraction of sp³-hybridized carbons (Fsp3) is 0.0870. The number of aromatic nitrogens is 1. The highest BCUT2D eigenvalue weighted by Crippen LogP contribution is 2.37. The third-order valence-electron chi connectivity index (χ3n) is 4.71. The summed E-state index contributed by atoms with van der Waals surface area (Å²) < 4.78 is 11.2. The SMILES string of the molecule is O=C(Nc1nccs1)c1ccc(NC(=O)c2ccc(-c3ccc4c(c3)OCCO4)s2)cc1. The zero-order valence-electron chi connectivity index (χ0n) is 16.7. The van der Waals surface area contributed by atoms with Crippen molar-refractivity contribution in [1.29, 1.82) is 0 Å². The molecule has 0 bridgehead atoms. The molecule has 1 aliphatic rings. The molecule has 3 heterocycles. The Hall–Kier alpha value is -3.69. The molecule has 0 atom stereocenters. The quantitative estimate of drug-likeness (QED) is 0.427. The number of thiophene rings is 1. The molecule has 2 aromatic heterocycles. The smallest absolute Gasteiger partial charge is 0.265 e.